The van der Waals surface area contributed by atoms with E-state index in [1.807, 2.05) is 0 Å². The molecule has 2 N–H and O–H groups in total. The molecule has 28 heavy (non-hydrogen) atoms. The molecule has 0 radical (unpaired) electrons. The number of benzene rings is 2. The first-order valence-corrected chi connectivity index (χ1v) is 8.52. The Bertz CT molecular complexity index is 863. The van der Waals surface area contributed by atoms with E-state index in [9.17, 15) is 27.2 Å². The van der Waals surface area contributed by atoms with E-state index in [1.54, 1.807) is 18.2 Å². The minimum atomic E-state index is -4.54. The third kappa shape index (κ3) is 5.31. The molecule has 0 spiro atoms. The van der Waals surface area contributed by atoms with Crippen molar-refractivity contribution in [2.45, 2.75) is 26.4 Å². The maximum atomic E-state index is 13.6. The highest BCUT2D eigenvalue weighted by molar-refractivity contribution is 6.09. The van der Waals surface area contributed by atoms with Crippen LogP contribution in [0.15, 0.2) is 48.5 Å². The lowest BCUT2D eigenvalue weighted by atomic mass is 9.90. The molecule has 0 bridgehead atoms. The van der Waals surface area contributed by atoms with Crippen molar-refractivity contribution < 1.29 is 27.2 Å². The van der Waals surface area contributed by atoms with E-state index >= 15 is 0 Å². The van der Waals surface area contributed by atoms with Crippen LogP contribution in [0.5, 0.6) is 0 Å². The van der Waals surface area contributed by atoms with Crippen LogP contribution >= 0.6 is 0 Å². The minimum absolute atomic E-state index is 0.0629. The summed E-state index contributed by atoms with van der Waals surface area (Å²) in [6.07, 6.45) is -4.30. The maximum absolute atomic E-state index is 13.6. The molecule has 0 aromatic heterocycles. The van der Waals surface area contributed by atoms with Gasteiger partial charge in [-0.05, 0) is 50.1 Å². The zero-order chi connectivity index (χ0) is 20.9. The first kappa shape index (κ1) is 21.4. The van der Waals surface area contributed by atoms with Crippen molar-refractivity contribution in [3.63, 3.8) is 0 Å². The summed E-state index contributed by atoms with van der Waals surface area (Å²) in [6, 6.07) is 10.3. The molecule has 0 aliphatic carbocycles. The summed E-state index contributed by atoms with van der Waals surface area (Å²) >= 11 is 0. The average Bonchev–Trinajstić information content (AvgIpc) is 2.62. The molecule has 150 valence electrons. The van der Waals surface area contributed by atoms with Crippen molar-refractivity contribution in [2.75, 3.05) is 11.9 Å². The fourth-order valence-electron chi connectivity index (χ4n) is 2.40. The van der Waals surface area contributed by atoms with Gasteiger partial charge < -0.3 is 10.6 Å². The van der Waals surface area contributed by atoms with Crippen molar-refractivity contribution in [1.29, 1.82) is 0 Å². The Labute approximate surface area is 159 Å². The predicted molar refractivity (Wildman–Crippen MR) is 97.0 cm³/mol. The SMILES string of the molecule is CC(C)(C(=O)NCCc1ccccc1F)C(=O)Nc1cccc(C(F)(F)F)c1. The smallest absolute Gasteiger partial charge is 0.355 e. The molecule has 2 rings (SSSR count). The number of anilines is 1. The second-order valence-electron chi connectivity index (χ2n) is 6.75. The highest BCUT2D eigenvalue weighted by atomic mass is 19.4. The zero-order valence-electron chi connectivity index (χ0n) is 15.4. The molecule has 2 amide bonds. The van der Waals surface area contributed by atoms with Gasteiger partial charge in [0.1, 0.15) is 11.2 Å². The number of amides is 2. The lowest BCUT2D eigenvalue weighted by molar-refractivity contribution is -0.139. The van der Waals surface area contributed by atoms with Gasteiger partial charge in [-0.3, -0.25) is 9.59 Å². The topological polar surface area (TPSA) is 58.2 Å². The zero-order valence-corrected chi connectivity index (χ0v) is 15.4. The number of rotatable bonds is 6. The quantitative estimate of drug-likeness (QED) is 0.569. The Morgan fingerprint density at radius 3 is 2.29 bits per heavy atom. The molecule has 0 heterocycles. The third-order valence-corrected chi connectivity index (χ3v) is 4.22. The molecular formula is C20H20F4N2O2. The third-order valence-electron chi connectivity index (χ3n) is 4.22. The fourth-order valence-corrected chi connectivity index (χ4v) is 2.40. The van der Waals surface area contributed by atoms with Crippen LogP contribution in [-0.4, -0.2) is 18.4 Å². The summed E-state index contributed by atoms with van der Waals surface area (Å²) in [4.78, 5) is 24.8. The maximum Gasteiger partial charge on any atom is 0.416 e. The fraction of sp³-hybridized carbons (Fsp3) is 0.300. The number of halogens is 4. The van der Waals surface area contributed by atoms with Gasteiger partial charge in [-0.1, -0.05) is 24.3 Å². The van der Waals surface area contributed by atoms with Crippen LogP contribution in [0.3, 0.4) is 0 Å². The molecule has 4 nitrogen and oxygen atoms in total. The van der Waals surface area contributed by atoms with Gasteiger partial charge in [0, 0.05) is 12.2 Å². The summed E-state index contributed by atoms with van der Waals surface area (Å²) in [5.41, 5.74) is -2.08. The molecule has 2 aromatic carbocycles. The normalized spacial score (nSPS) is 11.8. The summed E-state index contributed by atoms with van der Waals surface area (Å²) in [5, 5.41) is 4.89. The van der Waals surface area contributed by atoms with Crippen molar-refractivity contribution >= 4 is 17.5 Å². The Balaban J connectivity index is 1.98. The van der Waals surface area contributed by atoms with E-state index in [2.05, 4.69) is 10.6 Å². The van der Waals surface area contributed by atoms with Gasteiger partial charge in [-0.15, -0.1) is 0 Å². The first-order valence-electron chi connectivity index (χ1n) is 8.52. The molecule has 0 fully saturated rings. The van der Waals surface area contributed by atoms with Crippen molar-refractivity contribution in [3.05, 3.63) is 65.5 Å². The van der Waals surface area contributed by atoms with Crippen LogP contribution < -0.4 is 10.6 Å². The van der Waals surface area contributed by atoms with Gasteiger partial charge in [0.25, 0.3) is 0 Å². The van der Waals surface area contributed by atoms with E-state index in [-0.39, 0.29) is 18.7 Å². The predicted octanol–water partition coefficient (Wildman–Crippen LogP) is 4.17. The van der Waals surface area contributed by atoms with Gasteiger partial charge in [0.05, 0.1) is 5.56 Å². The van der Waals surface area contributed by atoms with E-state index in [0.717, 1.165) is 12.1 Å². The first-order chi connectivity index (χ1) is 13.0. The number of hydrogen-bond donors (Lipinski definition) is 2. The summed E-state index contributed by atoms with van der Waals surface area (Å²) < 4.78 is 51.9. The second-order valence-corrected chi connectivity index (χ2v) is 6.75. The Hall–Kier alpha value is -2.90. The second kappa shape index (κ2) is 8.41. The number of nitrogens with one attached hydrogen (secondary N) is 2. The van der Waals surface area contributed by atoms with Gasteiger partial charge in [-0.2, -0.15) is 13.2 Å². The molecule has 0 atom stereocenters. The molecule has 8 heteroatoms. The molecule has 0 saturated heterocycles. The summed E-state index contributed by atoms with van der Waals surface area (Å²) in [6.45, 7) is 2.82. The van der Waals surface area contributed by atoms with Gasteiger partial charge in [0.15, 0.2) is 0 Å². The van der Waals surface area contributed by atoms with Gasteiger partial charge in [-0.25, -0.2) is 4.39 Å². The Kier molecular flexibility index (Phi) is 6.43. The van der Waals surface area contributed by atoms with Crippen molar-refractivity contribution in [3.8, 4) is 0 Å². The van der Waals surface area contributed by atoms with Gasteiger partial charge in [0.2, 0.25) is 11.8 Å². The van der Waals surface area contributed by atoms with Gasteiger partial charge >= 0.3 is 6.18 Å². The van der Waals surface area contributed by atoms with Crippen LogP contribution in [0, 0.1) is 11.2 Å². The Morgan fingerprint density at radius 1 is 0.964 bits per heavy atom. The number of alkyl halides is 3. The highest BCUT2D eigenvalue weighted by Gasteiger charge is 2.36. The monoisotopic (exact) mass is 396 g/mol. The molecular weight excluding hydrogens is 376 g/mol. The molecule has 0 aliphatic heterocycles. The van der Waals surface area contributed by atoms with E-state index < -0.39 is 34.8 Å². The van der Waals surface area contributed by atoms with Crippen LogP contribution in [0.1, 0.15) is 25.0 Å². The average molecular weight is 396 g/mol. The van der Waals surface area contributed by atoms with Crippen molar-refractivity contribution in [1.82, 2.24) is 5.32 Å². The summed E-state index contributed by atoms with van der Waals surface area (Å²) in [5.74, 6) is -1.76. The van der Waals surface area contributed by atoms with E-state index in [0.29, 0.717) is 5.56 Å². The minimum Gasteiger partial charge on any atom is -0.355 e. The largest absolute Gasteiger partial charge is 0.416 e. The number of carbonyl (C=O) groups is 2. The van der Waals surface area contributed by atoms with Crippen LogP contribution in [-0.2, 0) is 22.2 Å². The number of carbonyl (C=O) groups excluding carboxylic acids is 2. The molecule has 0 saturated carbocycles. The van der Waals surface area contributed by atoms with E-state index in [1.165, 1.54) is 32.0 Å². The highest BCUT2D eigenvalue weighted by Crippen LogP contribution is 2.31. The lowest BCUT2D eigenvalue weighted by Gasteiger charge is -2.23. The van der Waals surface area contributed by atoms with Crippen molar-refractivity contribution in [2.24, 2.45) is 5.41 Å². The number of hydrogen-bond acceptors (Lipinski definition) is 2. The molecule has 2 aromatic rings. The molecule has 0 aliphatic rings. The Morgan fingerprint density at radius 2 is 1.64 bits per heavy atom. The molecule has 0 unspecified atom stereocenters. The van der Waals surface area contributed by atoms with Crippen LogP contribution in [0.2, 0.25) is 0 Å². The van der Waals surface area contributed by atoms with Crippen LogP contribution in [0.25, 0.3) is 0 Å². The summed E-state index contributed by atoms with van der Waals surface area (Å²) in [7, 11) is 0. The van der Waals surface area contributed by atoms with Crippen LogP contribution in [0.4, 0.5) is 23.2 Å². The lowest BCUT2D eigenvalue weighted by Crippen LogP contribution is -2.45. The standard InChI is InChI=1S/C20H20F4N2O2/c1-19(2,17(27)25-11-10-13-6-3-4-9-16(13)21)18(28)26-15-8-5-7-14(12-15)20(22,23)24/h3-9,12H,10-11H2,1-2H3,(H,25,27)(H,26,28). The van der Waals surface area contributed by atoms with E-state index in [4.69, 9.17) is 0 Å².